The lowest BCUT2D eigenvalue weighted by Gasteiger charge is -2.48. The second-order valence-corrected chi connectivity index (χ2v) is 8.17. The highest BCUT2D eigenvalue weighted by Gasteiger charge is 2.54. The van der Waals surface area contributed by atoms with Crippen molar-refractivity contribution >= 4 is 12.4 Å². The maximum atomic E-state index is 13.3. The van der Waals surface area contributed by atoms with Gasteiger partial charge in [-0.1, -0.05) is 43.2 Å². The summed E-state index contributed by atoms with van der Waals surface area (Å²) < 4.78 is 16.4. The summed E-state index contributed by atoms with van der Waals surface area (Å²) >= 11 is 0. The topological polar surface area (TPSA) is 65.1 Å². The van der Waals surface area contributed by atoms with Crippen molar-refractivity contribution in [2.75, 3.05) is 20.5 Å². The zero-order valence-electron chi connectivity index (χ0n) is 17.4. The minimum atomic E-state index is -0.268. The van der Waals surface area contributed by atoms with Crippen molar-refractivity contribution in [1.82, 2.24) is 4.90 Å². The molecular weight excluding hydrogens is 370 g/mol. The number of hydrogen-bond acceptors (Lipinski definition) is 5. The van der Waals surface area contributed by atoms with Crippen LogP contribution < -0.4 is 0 Å². The minimum absolute atomic E-state index is 0.0229. The van der Waals surface area contributed by atoms with Crippen molar-refractivity contribution in [2.45, 2.75) is 69.6 Å². The Morgan fingerprint density at radius 1 is 1.21 bits per heavy atom. The number of nitrogens with zero attached hydrogens (tertiary/aromatic N) is 1. The molecule has 1 aromatic rings. The molecule has 29 heavy (non-hydrogen) atoms. The molecule has 1 saturated carbocycles. The van der Waals surface area contributed by atoms with Gasteiger partial charge < -0.3 is 19.0 Å². The SMILES string of the molecule is COCOC[C@@H]1CC[C@]2(CCCC[C@H]2CCC=O)N1C(=O)OCc1ccccc1. The molecular formula is C23H33NO5. The lowest BCUT2D eigenvalue weighted by atomic mass is 9.69. The summed E-state index contributed by atoms with van der Waals surface area (Å²) in [5, 5.41) is 0. The Kier molecular flexibility index (Phi) is 8.07. The van der Waals surface area contributed by atoms with E-state index in [1.54, 1.807) is 7.11 Å². The Labute approximate surface area is 173 Å². The summed E-state index contributed by atoms with van der Waals surface area (Å²) in [6, 6.07) is 9.73. The first kappa shape index (κ1) is 21.8. The highest BCUT2D eigenvalue weighted by atomic mass is 16.7. The van der Waals surface area contributed by atoms with Crippen LogP contribution in [0.3, 0.4) is 0 Å². The molecule has 2 fully saturated rings. The Balaban J connectivity index is 1.77. The second kappa shape index (κ2) is 10.7. The summed E-state index contributed by atoms with van der Waals surface area (Å²) in [4.78, 5) is 26.3. The lowest BCUT2D eigenvalue weighted by Crippen LogP contribution is -2.57. The Morgan fingerprint density at radius 3 is 2.79 bits per heavy atom. The van der Waals surface area contributed by atoms with Crippen LogP contribution >= 0.6 is 0 Å². The fourth-order valence-electron chi connectivity index (χ4n) is 5.20. The maximum absolute atomic E-state index is 13.3. The number of rotatable bonds is 9. The molecule has 6 heteroatoms. The van der Waals surface area contributed by atoms with Gasteiger partial charge in [-0.15, -0.1) is 0 Å². The van der Waals surface area contributed by atoms with E-state index in [0.717, 1.165) is 56.8 Å². The zero-order valence-corrected chi connectivity index (χ0v) is 17.4. The molecule has 1 aliphatic heterocycles. The molecule has 3 rings (SSSR count). The van der Waals surface area contributed by atoms with Crippen LogP contribution in [-0.2, 0) is 25.6 Å². The Hall–Kier alpha value is -1.92. The van der Waals surface area contributed by atoms with E-state index in [9.17, 15) is 9.59 Å². The van der Waals surface area contributed by atoms with Gasteiger partial charge in [0.2, 0.25) is 0 Å². The monoisotopic (exact) mass is 403 g/mol. The summed E-state index contributed by atoms with van der Waals surface area (Å²) in [6.45, 7) is 0.915. The fourth-order valence-corrected chi connectivity index (χ4v) is 5.20. The molecule has 160 valence electrons. The fraction of sp³-hybridized carbons (Fsp3) is 0.652. The average molecular weight is 404 g/mol. The predicted molar refractivity (Wildman–Crippen MR) is 109 cm³/mol. The molecule has 0 N–H and O–H groups in total. The molecule has 1 amide bonds. The molecule has 3 atom stereocenters. The molecule has 1 spiro atoms. The van der Waals surface area contributed by atoms with Gasteiger partial charge in [-0.05, 0) is 43.6 Å². The molecule has 0 aromatic heterocycles. The molecule has 1 aromatic carbocycles. The van der Waals surface area contributed by atoms with Gasteiger partial charge in [-0.25, -0.2) is 4.79 Å². The van der Waals surface area contributed by atoms with Crippen molar-refractivity contribution in [3.8, 4) is 0 Å². The summed E-state index contributed by atoms with van der Waals surface area (Å²) in [6.07, 6.45) is 8.22. The quantitative estimate of drug-likeness (QED) is 0.349. The number of methoxy groups -OCH3 is 1. The number of amides is 1. The van der Waals surface area contributed by atoms with Crippen molar-refractivity contribution < 1.29 is 23.8 Å². The van der Waals surface area contributed by atoms with Crippen LogP contribution in [0.25, 0.3) is 0 Å². The van der Waals surface area contributed by atoms with Crippen molar-refractivity contribution in [2.24, 2.45) is 5.92 Å². The maximum Gasteiger partial charge on any atom is 0.410 e. The summed E-state index contributed by atoms with van der Waals surface area (Å²) in [5.41, 5.74) is 0.748. The lowest BCUT2D eigenvalue weighted by molar-refractivity contribution is -0.108. The average Bonchev–Trinajstić information content (AvgIpc) is 3.11. The van der Waals surface area contributed by atoms with Crippen LogP contribution in [-0.4, -0.2) is 49.4 Å². The third-order valence-electron chi connectivity index (χ3n) is 6.47. The number of benzene rings is 1. The largest absolute Gasteiger partial charge is 0.445 e. The second-order valence-electron chi connectivity index (χ2n) is 8.17. The van der Waals surface area contributed by atoms with E-state index in [1.165, 1.54) is 0 Å². The van der Waals surface area contributed by atoms with Gasteiger partial charge in [0.1, 0.15) is 19.7 Å². The first-order valence-corrected chi connectivity index (χ1v) is 10.7. The molecule has 0 unspecified atom stereocenters. The van der Waals surface area contributed by atoms with Crippen LogP contribution in [0.15, 0.2) is 30.3 Å². The van der Waals surface area contributed by atoms with Crippen molar-refractivity contribution in [1.29, 1.82) is 0 Å². The van der Waals surface area contributed by atoms with Crippen LogP contribution in [0.5, 0.6) is 0 Å². The van der Waals surface area contributed by atoms with Gasteiger partial charge in [-0.3, -0.25) is 4.90 Å². The standard InChI is InChI=1S/C23H33NO5/c1-27-18-28-17-21-12-14-23(13-6-5-10-20(23)11-7-15-25)24(21)22(26)29-16-19-8-3-2-4-9-19/h2-4,8-9,15,20-21H,5-7,10-14,16-18H2,1H3/t20-,21-,23-/m0/s1. The number of ether oxygens (including phenoxy) is 3. The smallest absolute Gasteiger partial charge is 0.410 e. The predicted octanol–water partition coefficient (Wildman–Crippen LogP) is 4.32. The molecule has 1 aliphatic carbocycles. The van der Waals surface area contributed by atoms with Crippen LogP contribution in [0.1, 0.15) is 56.9 Å². The highest BCUT2D eigenvalue weighted by molar-refractivity contribution is 5.70. The summed E-state index contributed by atoms with van der Waals surface area (Å²) in [5.74, 6) is 0.332. The van der Waals surface area contributed by atoms with E-state index in [4.69, 9.17) is 14.2 Å². The van der Waals surface area contributed by atoms with E-state index < -0.39 is 0 Å². The molecule has 6 nitrogen and oxygen atoms in total. The third kappa shape index (κ3) is 5.17. The van der Waals surface area contributed by atoms with Gasteiger partial charge >= 0.3 is 6.09 Å². The highest BCUT2D eigenvalue weighted by Crippen LogP contribution is 2.49. The number of carbonyl (C=O) groups excluding carboxylic acids is 2. The Bertz CT molecular complexity index is 652. The van der Waals surface area contributed by atoms with Gasteiger partial charge in [0.25, 0.3) is 0 Å². The number of carbonyl (C=O) groups is 2. The van der Waals surface area contributed by atoms with E-state index in [1.807, 2.05) is 35.2 Å². The van der Waals surface area contributed by atoms with Gasteiger partial charge in [0, 0.05) is 19.1 Å². The number of hydrogen-bond donors (Lipinski definition) is 0. The molecule has 2 aliphatic rings. The third-order valence-corrected chi connectivity index (χ3v) is 6.47. The normalized spacial score (nSPS) is 26.6. The first-order valence-electron chi connectivity index (χ1n) is 10.7. The number of aldehydes is 1. The summed E-state index contributed by atoms with van der Waals surface area (Å²) in [7, 11) is 1.60. The van der Waals surface area contributed by atoms with Gasteiger partial charge in [0.05, 0.1) is 12.6 Å². The van der Waals surface area contributed by atoms with E-state index >= 15 is 0 Å². The molecule has 0 radical (unpaired) electrons. The minimum Gasteiger partial charge on any atom is -0.445 e. The van der Waals surface area contributed by atoms with E-state index in [2.05, 4.69) is 0 Å². The van der Waals surface area contributed by atoms with Crippen molar-refractivity contribution in [3.63, 3.8) is 0 Å². The zero-order chi connectivity index (χ0) is 20.5. The van der Waals surface area contributed by atoms with Crippen molar-refractivity contribution in [3.05, 3.63) is 35.9 Å². The molecule has 1 saturated heterocycles. The van der Waals surface area contributed by atoms with E-state index in [0.29, 0.717) is 18.9 Å². The van der Waals surface area contributed by atoms with E-state index in [-0.39, 0.29) is 31.1 Å². The van der Waals surface area contributed by atoms with Gasteiger partial charge in [-0.2, -0.15) is 0 Å². The molecule has 0 bridgehead atoms. The number of likely N-dealkylation sites (tertiary alicyclic amines) is 1. The van der Waals surface area contributed by atoms with Crippen LogP contribution in [0.4, 0.5) is 4.79 Å². The van der Waals surface area contributed by atoms with Crippen LogP contribution in [0, 0.1) is 5.92 Å². The Morgan fingerprint density at radius 2 is 2.03 bits per heavy atom. The molecule has 1 heterocycles. The van der Waals surface area contributed by atoms with Gasteiger partial charge in [0.15, 0.2) is 0 Å². The first-order chi connectivity index (χ1) is 14.2. The van der Waals surface area contributed by atoms with Crippen LogP contribution in [0.2, 0.25) is 0 Å².